The highest BCUT2D eigenvalue weighted by molar-refractivity contribution is 5.19. The van der Waals surface area contributed by atoms with E-state index in [0.717, 1.165) is 53.8 Å². The molecule has 0 spiro atoms. The Morgan fingerprint density at radius 1 is 0.825 bits per heavy atom. The van der Waals surface area contributed by atoms with Crippen LogP contribution in [0, 0.1) is 93.2 Å². The Bertz CT molecular complexity index is 848. The zero-order valence-corrected chi connectivity index (χ0v) is 29.4. The second kappa shape index (κ2) is 11.8. The van der Waals surface area contributed by atoms with E-state index in [1.54, 1.807) is 0 Å². The first-order chi connectivity index (χ1) is 18.7. The smallest absolute Gasteiger partial charge is 0.0571 e. The number of aliphatic hydroxyl groups excluding tert-OH is 1. The van der Waals surface area contributed by atoms with Crippen LogP contribution in [0.25, 0.3) is 0 Å². The van der Waals surface area contributed by atoms with Crippen molar-refractivity contribution in [2.24, 2.45) is 93.2 Å². The molecule has 0 aromatic rings. The fourth-order valence-corrected chi connectivity index (χ4v) is 14.3. The van der Waals surface area contributed by atoms with Gasteiger partial charge in [-0.1, -0.05) is 116 Å². The Balaban J connectivity index is 1.79. The van der Waals surface area contributed by atoms with Crippen LogP contribution in [0.4, 0.5) is 0 Å². The molecular formula is C39H72O. The first kappa shape index (κ1) is 32.9. The maximum absolute atomic E-state index is 11.5. The molecule has 0 radical (unpaired) electrons. The van der Waals surface area contributed by atoms with Crippen molar-refractivity contribution in [2.45, 2.75) is 154 Å². The lowest BCUT2D eigenvalue weighted by atomic mass is 9.29. The third kappa shape index (κ3) is 4.71. The summed E-state index contributed by atoms with van der Waals surface area (Å²) in [4.78, 5) is 0. The number of rotatable bonds is 8. The van der Waals surface area contributed by atoms with Crippen LogP contribution in [0.5, 0.6) is 0 Å². The van der Waals surface area contributed by atoms with Crippen LogP contribution in [0.15, 0.2) is 0 Å². The minimum Gasteiger partial charge on any atom is -0.393 e. The molecule has 15 unspecified atom stereocenters. The van der Waals surface area contributed by atoms with Crippen molar-refractivity contribution in [2.75, 3.05) is 0 Å². The molecule has 0 aliphatic heterocycles. The molecule has 4 saturated carbocycles. The minimum absolute atomic E-state index is 0.158. The topological polar surface area (TPSA) is 20.2 Å². The summed E-state index contributed by atoms with van der Waals surface area (Å²) in [5, 5.41) is 11.5. The summed E-state index contributed by atoms with van der Waals surface area (Å²) in [6.45, 7) is 33.5. The quantitative estimate of drug-likeness (QED) is 0.315. The van der Waals surface area contributed by atoms with Crippen LogP contribution >= 0.6 is 0 Å². The highest BCUT2D eigenvalue weighted by Gasteiger charge is 2.71. The highest BCUT2D eigenvalue weighted by atomic mass is 16.3. The van der Waals surface area contributed by atoms with Gasteiger partial charge in [0, 0.05) is 0 Å². The van der Waals surface area contributed by atoms with Gasteiger partial charge < -0.3 is 5.11 Å². The van der Waals surface area contributed by atoms with Gasteiger partial charge in [0.05, 0.1) is 6.10 Å². The van der Waals surface area contributed by atoms with E-state index in [4.69, 9.17) is 0 Å². The lowest BCUT2D eigenvalue weighted by Crippen LogP contribution is -2.70. The molecule has 1 heteroatoms. The van der Waals surface area contributed by atoms with E-state index in [-0.39, 0.29) is 11.5 Å². The van der Waals surface area contributed by atoms with Crippen molar-refractivity contribution < 1.29 is 5.11 Å². The van der Waals surface area contributed by atoms with Crippen LogP contribution in [-0.4, -0.2) is 11.2 Å². The molecule has 0 amide bonds. The van der Waals surface area contributed by atoms with Gasteiger partial charge in [-0.25, -0.2) is 0 Å². The van der Waals surface area contributed by atoms with Crippen molar-refractivity contribution in [3.05, 3.63) is 0 Å². The van der Waals surface area contributed by atoms with Gasteiger partial charge in [0.15, 0.2) is 0 Å². The second-order valence-electron chi connectivity index (χ2n) is 17.6. The Morgan fingerprint density at radius 3 is 2.00 bits per heavy atom. The van der Waals surface area contributed by atoms with Crippen LogP contribution in [-0.2, 0) is 0 Å². The molecule has 1 nitrogen and oxygen atoms in total. The normalized spacial score (nSPS) is 53.5. The molecule has 4 fully saturated rings. The second-order valence-corrected chi connectivity index (χ2v) is 17.6. The summed E-state index contributed by atoms with van der Waals surface area (Å²) < 4.78 is 0. The van der Waals surface area contributed by atoms with Gasteiger partial charge in [-0.2, -0.15) is 0 Å². The Kier molecular flexibility index (Phi) is 9.70. The monoisotopic (exact) mass is 557 g/mol. The molecule has 234 valence electrons. The largest absolute Gasteiger partial charge is 0.393 e. The molecule has 40 heavy (non-hydrogen) atoms. The van der Waals surface area contributed by atoms with E-state index in [1.165, 1.54) is 51.4 Å². The molecule has 0 bridgehead atoms. The van der Waals surface area contributed by atoms with Crippen LogP contribution < -0.4 is 0 Å². The van der Waals surface area contributed by atoms with E-state index in [0.29, 0.717) is 40.4 Å². The fraction of sp³-hybridized carbons (Fsp3) is 1.00. The van der Waals surface area contributed by atoms with E-state index >= 15 is 0 Å². The van der Waals surface area contributed by atoms with Gasteiger partial charge in [-0.05, 0) is 125 Å². The van der Waals surface area contributed by atoms with Gasteiger partial charge in [-0.15, -0.1) is 0 Å². The molecule has 4 rings (SSSR count). The molecule has 0 saturated heterocycles. The van der Waals surface area contributed by atoms with Gasteiger partial charge in [0.25, 0.3) is 0 Å². The third-order valence-corrected chi connectivity index (χ3v) is 16.0. The highest BCUT2D eigenvalue weighted by Crippen LogP contribution is 2.77. The fourth-order valence-electron chi connectivity index (χ4n) is 14.3. The third-order valence-electron chi connectivity index (χ3n) is 16.0. The molecule has 1 N–H and O–H groups in total. The summed E-state index contributed by atoms with van der Waals surface area (Å²) in [5.74, 6) is 10.0. The lowest BCUT2D eigenvalue weighted by Gasteiger charge is -2.75. The van der Waals surface area contributed by atoms with Gasteiger partial charge in [0.2, 0.25) is 0 Å². The van der Waals surface area contributed by atoms with Gasteiger partial charge >= 0.3 is 0 Å². The minimum atomic E-state index is -0.158. The van der Waals surface area contributed by atoms with E-state index in [9.17, 15) is 5.11 Å². The average Bonchev–Trinajstić information content (AvgIpc) is 2.89. The maximum Gasteiger partial charge on any atom is 0.0571 e. The van der Waals surface area contributed by atoms with E-state index in [1.807, 2.05) is 0 Å². The molecule has 0 aromatic carbocycles. The van der Waals surface area contributed by atoms with Crippen molar-refractivity contribution in [1.29, 1.82) is 0 Å². The first-order valence-electron chi connectivity index (χ1n) is 18.4. The van der Waals surface area contributed by atoms with Gasteiger partial charge in [-0.3, -0.25) is 0 Å². The Labute approximate surface area is 251 Å². The standard InChI is InChI=1S/C39H72O/c1-14-28-20-29(19-18-23(5)6)24(7)34-25(8)36-27(10)39(13)26(9)35(33(40)17-4)30(15-2)32(16-3)38(39,12)22-37(36,11)21-31(28)34/h23-36,40H,14-22H2,1-13H3/t24?,25?,26?,27?,28?,29?,30?,31?,32?,33?,34?,35?,36?,37?,38-,39?/m1/s1. The Hall–Kier alpha value is -0.0400. The summed E-state index contributed by atoms with van der Waals surface area (Å²) in [5.41, 5.74) is 1.04. The predicted octanol–water partition coefficient (Wildman–Crippen LogP) is 11.1. The molecular weight excluding hydrogens is 484 g/mol. The number of aliphatic hydroxyl groups is 1. The van der Waals surface area contributed by atoms with Crippen molar-refractivity contribution in [3.63, 3.8) is 0 Å². The van der Waals surface area contributed by atoms with Crippen molar-refractivity contribution in [3.8, 4) is 0 Å². The summed E-state index contributed by atoms with van der Waals surface area (Å²) >= 11 is 0. The Morgan fingerprint density at radius 2 is 1.48 bits per heavy atom. The summed E-state index contributed by atoms with van der Waals surface area (Å²) in [6, 6.07) is 0. The zero-order chi connectivity index (χ0) is 29.9. The van der Waals surface area contributed by atoms with Crippen molar-refractivity contribution >= 4 is 0 Å². The summed E-state index contributed by atoms with van der Waals surface area (Å²) in [7, 11) is 0. The lowest BCUT2D eigenvalue weighted by molar-refractivity contribution is -0.277. The number of hydrogen-bond donors (Lipinski definition) is 1. The van der Waals surface area contributed by atoms with E-state index < -0.39 is 0 Å². The molecule has 0 aromatic heterocycles. The number of fused-ring (bicyclic) bond motifs is 3. The SMILES string of the molecule is CCC(O)C1C(CC)C(CC)[C@@]2(C)CC3(C)CC4C(CC)CC(CCC(C)C)C(C)C4C(C)C3C(C)C2(C)C1C. The van der Waals surface area contributed by atoms with Gasteiger partial charge in [0.1, 0.15) is 0 Å². The number of hydrogen-bond acceptors (Lipinski definition) is 1. The van der Waals surface area contributed by atoms with E-state index in [2.05, 4.69) is 90.0 Å². The van der Waals surface area contributed by atoms with Crippen LogP contribution in [0.1, 0.15) is 148 Å². The average molecular weight is 557 g/mol. The van der Waals surface area contributed by atoms with Crippen LogP contribution in [0.3, 0.4) is 0 Å². The molecule has 4 aliphatic carbocycles. The van der Waals surface area contributed by atoms with Crippen molar-refractivity contribution in [1.82, 2.24) is 0 Å². The predicted molar refractivity (Wildman–Crippen MR) is 174 cm³/mol. The summed E-state index contributed by atoms with van der Waals surface area (Å²) in [6.07, 6.45) is 11.8. The zero-order valence-electron chi connectivity index (χ0n) is 29.4. The molecule has 4 aliphatic rings. The first-order valence-corrected chi connectivity index (χ1v) is 18.4. The maximum atomic E-state index is 11.5. The van der Waals surface area contributed by atoms with Crippen LogP contribution in [0.2, 0.25) is 0 Å². The molecule has 0 heterocycles. The molecule has 16 atom stereocenters.